The second-order valence-electron chi connectivity index (χ2n) is 13.5. The quantitative estimate of drug-likeness (QED) is 0.347. The summed E-state index contributed by atoms with van der Waals surface area (Å²) in [4.78, 5) is 2.71. The Hall–Kier alpha value is -2.54. The molecule has 2 aliphatic heterocycles. The van der Waals surface area contributed by atoms with Gasteiger partial charge < -0.3 is 20.3 Å². The Morgan fingerprint density at radius 1 is 0.900 bits per heavy atom. The Bertz CT molecular complexity index is 1300. The summed E-state index contributed by atoms with van der Waals surface area (Å²) >= 11 is 0. The van der Waals surface area contributed by atoms with Crippen molar-refractivity contribution in [3.05, 3.63) is 95.1 Å². The van der Waals surface area contributed by atoms with E-state index in [1.165, 1.54) is 24.8 Å². The van der Waals surface area contributed by atoms with Crippen LogP contribution in [0.15, 0.2) is 72.8 Å². The highest BCUT2D eigenvalue weighted by molar-refractivity contribution is 5.67. The van der Waals surface area contributed by atoms with Gasteiger partial charge in [0, 0.05) is 37.7 Å². The van der Waals surface area contributed by atoms with Gasteiger partial charge in [0.1, 0.15) is 0 Å². The normalized spacial score (nSPS) is 29.9. The number of aliphatic hydroxyl groups excluding tert-OH is 1. The van der Waals surface area contributed by atoms with Crippen LogP contribution in [-0.4, -0.2) is 35.2 Å². The molecule has 0 radical (unpaired) electrons. The van der Waals surface area contributed by atoms with E-state index >= 15 is 0 Å². The molecule has 5 unspecified atom stereocenters. The lowest BCUT2D eigenvalue weighted by atomic mass is 9.65. The van der Waals surface area contributed by atoms with Gasteiger partial charge in [0.25, 0.3) is 0 Å². The molecule has 3 aromatic carbocycles. The minimum absolute atomic E-state index is 0.0469. The van der Waals surface area contributed by atoms with Crippen LogP contribution in [0.5, 0.6) is 0 Å². The first-order chi connectivity index (χ1) is 19.2. The molecule has 2 heterocycles. The lowest BCUT2D eigenvalue weighted by molar-refractivity contribution is -0.253. The molecule has 3 aromatic rings. The van der Waals surface area contributed by atoms with Crippen molar-refractivity contribution < 1.29 is 14.6 Å². The molecule has 2 bridgehead atoms. The van der Waals surface area contributed by atoms with E-state index < -0.39 is 6.29 Å². The van der Waals surface area contributed by atoms with Crippen LogP contribution in [0.25, 0.3) is 11.1 Å². The van der Waals surface area contributed by atoms with Crippen molar-refractivity contribution in [2.24, 2.45) is 16.6 Å². The zero-order chi connectivity index (χ0) is 27.9. The van der Waals surface area contributed by atoms with Gasteiger partial charge in [-0.05, 0) is 57.9 Å². The van der Waals surface area contributed by atoms with Gasteiger partial charge in [-0.2, -0.15) is 0 Å². The topological polar surface area (TPSA) is 68.0 Å². The van der Waals surface area contributed by atoms with Crippen molar-refractivity contribution in [1.82, 2.24) is 4.90 Å². The van der Waals surface area contributed by atoms with E-state index in [0.717, 1.165) is 47.3 Å². The van der Waals surface area contributed by atoms with Crippen LogP contribution in [0.4, 0.5) is 0 Å². The van der Waals surface area contributed by atoms with Gasteiger partial charge in [-0.15, -0.1) is 0 Å². The summed E-state index contributed by atoms with van der Waals surface area (Å²) in [5.74, 6) is 0. The van der Waals surface area contributed by atoms with Crippen molar-refractivity contribution >= 4 is 0 Å². The van der Waals surface area contributed by atoms with Gasteiger partial charge in [0.15, 0.2) is 6.29 Å². The first-order valence-corrected chi connectivity index (χ1v) is 14.9. The summed E-state index contributed by atoms with van der Waals surface area (Å²) in [6.45, 7) is 9.99. The van der Waals surface area contributed by atoms with Gasteiger partial charge in [0.2, 0.25) is 0 Å². The highest BCUT2D eigenvalue weighted by Gasteiger charge is 2.50. The fraction of sp³-hybridized carbons (Fsp3) is 0.486. The first-order valence-electron chi connectivity index (χ1n) is 14.9. The van der Waals surface area contributed by atoms with Crippen molar-refractivity contribution in [2.75, 3.05) is 13.1 Å². The molecule has 1 aliphatic carbocycles. The van der Waals surface area contributed by atoms with Crippen molar-refractivity contribution in [2.45, 2.75) is 84.1 Å². The number of aliphatic hydroxyl groups is 1. The molecule has 5 heteroatoms. The molecule has 6 rings (SSSR count). The minimum atomic E-state index is -0.436. The molecule has 0 amide bonds. The van der Waals surface area contributed by atoms with E-state index in [0.29, 0.717) is 23.4 Å². The van der Waals surface area contributed by atoms with E-state index in [2.05, 4.69) is 80.3 Å². The standard InChI is InChI=1S/C35H44N2O3/c1-34(2)17-29-18-35(3,22-34)23-37(29)20-30-16-32(26-10-8-24(21-38)9-11-26)40-33(39-30)27-14-12-25(13-15-27)31-7-5-4-6-28(31)19-36/h4-15,29-30,32-33,38H,16-23,36H2,1-3H3. The number of ether oxygens (including phenoxy) is 2. The summed E-state index contributed by atoms with van der Waals surface area (Å²) in [5.41, 5.74) is 13.3. The summed E-state index contributed by atoms with van der Waals surface area (Å²) in [6.07, 6.45) is 4.24. The molecular weight excluding hydrogens is 496 g/mol. The molecule has 3 N–H and O–H groups in total. The number of hydrogen-bond acceptors (Lipinski definition) is 5. The number of nitrogens with zero attached hydrogens (tertiary/aromatic N) is 1. The summed E-state index contributed by atoms with van der Waals surface area (Å²) < 4.78 is 13.4. The second-order valence-corrected chi connectivity index (χ2v) is 13.5. The number of nitrogens with two attached hydrogens (primary N) is 1. The van der Waals surface area contributed by atoms with Crippen LogP contribution in [0, 0.1) is 10.8 Å². The van der Waals surface area contributed by atoms with Gasteiger partial charge in [-0.25, -0.2) is 0 Å². The average molecular weight is 541 g/mol. The van der Waals surface area contributed by atoms with Gasteiger partial charge in [-0.1, -0.05) is 93.6 Å². The summed E-state index contributed by atoms with van der Waals surface area (Å²) in [5, 5.41) is 9.54. The van der Waals surface area contributed by atoms with Crippen LogP contribution in [0.3, 0.4) is 0 Å². The molecule has 5 atom stereocenters. The molecule has 5 nitrogen and oxygen atoms in total. The van der Waals surface area contributed by atoms with Crippen LogP contribution in [0.2, 0.25) is 0 Å². The maximum Gasteiger partial charge on any atom is 0.184 e. The monoisotopic (exact) mass is 540 g/mol. The molecule has 3 aliphatic rings. The summed E-state index contributed by atoms with van der Waals surface area (Å²) in [6, 6.07) is 25.7. The first kappa shape index (κ1) is 27.6. The second kappa shape index (κ2) is 11.0. The largest absolute Gasteiger partial charge is 0.392 e. The lowest BCUT2D eigenvalue weighted by Crippen LogP contribution is -2.42. The van der Waals surface area contributed by atoms with Crippen LogP contribution in [-0.2, 0) is 22.6 Å². The number of hydrogen-bond donors (Lipinski definition) is 2. The number of fused-ring (bicyclic) bond motifs is 2. The third kappa shape index (κ3) is 5.77. The van der Waals surface area contributed by atoms with E-state index in [4.69, 9.17) is 15.2 Å². The number of benzene rings is 3. The molecule has 2 saturated heterocycles. The van der Waals surface area contributed by atoms with E-state index in [1.807, 2.05) is 18.2 Å². The highest BCUT2D eigenvalue weighted by Crippen LogP contribution is 2.53. The zero-order valence-corrected chi connectivity index (χ0v) is 24.2. The van der Waals surface area contributed by atoms with Crippen molar-refractivity contribution in [3.63, 3.8) is 0 Å². The molecule has 1 saturated carbocycles. The third-order valence-electron chi connectivity index (χ3n) is 9.31. The summed E-state index contributed by atoms with van der Waals surface area (Å²) in [7, 11) is 0. The Morgan fingerprint density at radius 3 is 2.35 bits per heavy atom. The maximum atomic E-state index is 9.54. The Morgan fingerprint density at radius 2 is 1.62 bits per heavy atom. The molecule has 0 aromatic heterocycles. The molecule has 40 heavy (non-hydrogen) atoms. The van der Waals surface area contributed by atoms with Crippen molar-refractivity contribution in [1.29, 1.82) is 0 Å². The Kier molecular flexibility index (Phi) is 7.62. The predicted molar refractivity (Wildman–Crippen MR) is 159 cm³/mol. The maximum absolute atomic E-state index is 9.54. The van der Waals surface area contributed by atoms with Gasteiger partial charge in [0.05, 0.1) is 18.8 Å². The van der Waals surface area contributed by atoms with Crippen LogP contribution in [0.1, 0.15) is 81.1 Å². The third-order valence-corrected chi connectivity index (χ3v) is 9.31. The van der Waals surface area contributed by atoms with Crippen LogP contribution < -0.4 is 5.73 Å². The fourth-order valence-electron chi connectivity index (χ4n) is 7.88. The zero-order valence-electron chi connectivity index (χ0n) is 24.2. The fourth-order valence-corrected chi connectivity index (χ4v) is 7.88. The van der Waals surface area contributed by atoms with Crippen molar-refractivity contribution in [3.8, 4) is 11.1 Å². The smallest absolute Gasteiger partial charge is 0.184 e. The van der Waals surface area contributed by atoms with E-state index in [1.54, 1.807) is 0 Å². The van der Waals surface area contributed by atoms with E-state index in [-0.39, 0.29) is 18.8 Å². The molecule has 212 valence electrons. The van der Waals surface area contributed by atoms with Gasteiger partial charge >= 0.3 is 0 Å². The average Bonchev–Trinajstić information content (AvgIpc) is 3.20. The Balaban J connectivity index is 1.24. The minimum Gasteiger partial charge on any atom is -0.392 e. The Labute approximate surface area is 239 Å². The number of rotatable bonds is 7. The molecule has 3 fully saturated rings. The number of likely N-dealkylation sites (tertiary alicyclic amines) is 1. The van der Waals surface area contributed by atoms with E-state index in [9.17, 15) is 5.11 Å². The van der Waals surface area contributed by atoms with Gasteiger partial charge in [-0.3, -0.25) is 4.90 Å². The molecule has 0 spiro atoms. The highest BCUT2D eigenvalue weighted by atomic mass is 16.7. The molecular formula is C35H44N2O3. The predicted octanol–water partition coefficient (Wildman–Crippen LogP) is 6.75. The van der Waals surface area contributed by atoms with Crippen LogP contribution >= 0.6 is 0 Å². The lowest BCUT2D eigenvalue weighted by Gasteiger charge is -2.41. The SMILES string of the molecule is CC1(C)CC2CC(C)(CN2CC2CC(c3ccc(CO)cc3)OC(c3ccc(-c4ccccc4CN)cc3)O2)C1.